The average Bonchev–Trinajstić information content (AvgIpc) is 2.29. The highest BCUT2D eigenvalue weighted by Gasteiger charge is 2.32. The molecule has 0 bridgehead atoms. The third kappa shape index (κ3) is 4.59. The second-order valence-corrected chi connectivity index (χ2v) is 6.57. The molecule has 0 aromatic heterocycles. The van der Waals surface area contributed by atoms with Crippen molar-refractivity contribution in [3.8, 4) is 0 Å². The maximum Gasteiger partial charge on any atom is 0.0465 e. The Hall–Kier alpha value is -0.0800. The first-order chi connectivity index (χ1) is 8.00. The van der Waals surface area contributed by atoms with Crippen molar-refractivity contribution >= 4 is 0 Å². The van der Waals surface area contributed by atoms with Gasteiger partial charge in [0.05, 0.1) is 0 Å². The van der Waals surface area contributed by atoms with Crippen LogP contribution in [0.1, 0.15) is 52.9 Å². The number of hydrogen-bond acceptors (Lipinski definition) is 2. The van der Waals surface area contributed by atoms with Crippen molar-refractivity contribution in [3.63, 3.8) is 0 Å². The van der Waals surface area contributed by atoms with E-state index in [1.54, 1.807) is 7.11 Å². The molecule has 102 valence electrons. The topological polar surface area (TPSA) is 21.3 Å². The normalized spacial score (nSPS) is 24.5. The van der Waals surface area contributed by atoms with Gasteiger partial charge in [-0.3, -0.25) is 0 Å². The molecule has 0 heterocycles. The first kappa shape index (κ1) is 15.0. The molecule has 1 aliphatic rings. The van der Waals surface area contributed by atoms with Crippen molar-refractivity contribution in [1.82, 2.24) is 5.32 Å². The monoisotopic (exact) mass is 241 g/mol. The molecule has 2 heteroatoms. The Labute approximate surface area is 108 Å². The number of ether oxygens (including phenoxy) is 1. The second kappa shape index (κ2) is 6.75. The predicted octanol–water partition coefficient (Wildman–Crippen LogP) is 3.46. The molecule has 17 heavy (non-hydrogen) atoms. The fourth-order valence-electron chi connectivity index (χ4n) is 3.25. The number of methoxy groups -OCH3 is 1. The Bertz CT molecular complexity index is 205. The molecule has 2 nitrogen and oxygen atoms in total. The molecule has 0 aliphatic heterocycles. The van der Waals surface area contributed by atoms with Crippen molar-refractivity contribution in [2.45, 2.75) is 58.9 Å². The highest BCUT2D eigenvalue weighted by atomic mass is 16.5. The van der Waals surface area contributed by atoms with E-state index in [-0.39, 0.29) is 0 Å². The number of rotatable bonds is 6. The summed E-state index contributed by atoms with van der Waals surface area (Å²) in [5.74, 6) is 1.58. The van der Waals surface area contributed by atoms with E-state index >= 15 is 0 Å². The van der Waals surface area contributed by atoms with Crippen LogP contribution in [0.5, 0.6) is 0 Å². The van der Waals surface area contributed by atoms with Gasteiger partial charge in [0, 0.05) is 19.8 Å². The molecule has 0 amide bonds. The van der Waals surface area contributed by atoms with Gasteiger partial charge < -0.3 is 10.1 Å². The molecule has 0 saturated heterocycles. The summed E-state index contributed by atoms with van der Waals surface area (Å²) in [6.45, 7) is 8.06. The molecular weight excluding hydrogens is 210 g/mol. The standard InChI is InChI=1S/C15H31NO/c1-12(8-11-17-5)14(16-4)13-6-9-15(2,3)10-7-13/h12-14,16H,6-11H2,1-5H3. The Morgan fingerprint density at radius 1 is 1.29 bits per heavy atom. The van der Waals surface area contributed by atoms with Gasteiger partial charge in [-0.1, -0.05) is 20.8 Å². The zero-order chi connectivity index (χ0) is 12.9. The minimum Gasteiger partial charge on any atom is -0.385 e. The van der Waals surface area contributed by atoms with E-state index in [0.29, 0.717) is 17.4 Å². The Balaban J connectivity index is 2.45. The third-order valence-corrected chi connectivity index (χ3v) is 4.62. The summed E-state index contributed by atoms with van der Waals surface area (Å²) in [7, 11) is 3.91. The molecule has 0 aromatic carbocycles. The molecule has 1 aliphatic carbocycles. The van der Waals surface area contributed by atoms with E-state index < -0.39 is 0 Å². The minimum atomic E-state index is 0.574. The average molecular weight is 241 g/mol. The van der Waals surface area contributed by atoms with Crippen LogP contribution < -0.4 is 5.32 Å². The summed E-state index contributed by atoms with van der Waals surface area (Å²) in [5.41, 5.74) is 0.574. The van der Waals surface area contributed by atoms with Gasteiger partial charge in [-0.05, 0) is 56.4 Å². The van der Waals surface area contributed by atoms with Crippen LogP contribution in [0.2, 0.25) is 0 Å². The van der Waals surface area contributed by atoms with Crippen LogP contribution >= 0.6 is 0 Å². The van der Waals surface area contributed by atoms with E-state index in [2.05, 4.69) is 33.1 Å². The molecule has 2 unspecified atom stereocenters. The van der Waals surface area contributed by atoms with Crippen LogP contribution in [-0.2, 0) is 4.74 Å². The lowest BCUT2D eigenvalue weighted by Gasteiger charge is -2.40. The van der Waals surface area contributed by atoms with Gasteiger partial charge in [-0.15, -0.1) is 0 Å². The summed E-state index contributed by atoms with van der Waals surface area (Å²) < 4.78 is 5.20. The van der Waals surface area contributed by atoms with Gasteiger partial charge in [-0.2, -0.15) is 0 Å². The Kier molecular flexibility index (Phi) is 5.94. The smallest absolute Gasteiger partial charge is 0.0465 e. The van der Waals surface area contributed by atoms with Gasteiger partial charge in [0.2, 0.25) is 0 Å². The molecule has 1 N–H and O–H groups in total. The van der Waals surface area contributed by atoms with Gasteiger partial charge >= 0.3 is 0 Å². The zero-order valence-corrected chi connectivity index (χ0v) is 12.4. The predicted molar refractivity (Wildman–Crippen MR) is 74.2 cm³/mol. The van der Waals surface area contributed by atoms with Crippen molar-refractivity contribution in [2.24, 2.45) is 17.3 Å². The van der Waals surface area contributed by atoms with Gasteiger partial charge in [0.1, 0.15) is 0 Å². The molecular formula is C15H31NO. The second-order valence-electron chi connectivity index (χ2n) is 6.57. The Morgan fingerprint density at radius 2 is 1.88 bits per heavy atom. The maximum absolute atomic E-state index is 5.20. The summed E-state index contributed by atoms with van der Waals surface area (Å²) in [6.07, 6.45) is 6.70. The third-order valence-electron chi connectivity index (χ3n) is 4.62. The molecule has 0 spiro atoms. The van der Waals surface area contributed by atoms with Crippen LogP contribution in [-0.4, -0.2) is 26.8 Å². The lowest BCUT2D eigenvalue weighted by Crippen LogP contribution is -2.42. The summed E-state index contributed by atoms with van der Waals surface area (Å²) in [4.78, 5) is 0. The molecule has 2 atom stereocenters. The van der Waals surface area contributed by atoms with Crippen LogP contribution in [0.3, 0.4) is 0 Å². The van der Waals surface area contributed by atoms with Crippen molar-refractivity contribution in [2.75, 3.05) is 20.8 Å². The SMILES string of the molecule is CNC(C(C)CCOC)C1CCC(C)(C)CC1. The van der Waals surface area contributed by atoms with E-state index in [1.165, 1.54) is 32.1 Å². The highest BCUT2D eigenvalue weighted by molar-refractivity contribution is 4.87. The first-order valence-electron chi connectivity index (χ1n) is 7.16. The van der Waals surface area contributed by atoms with Crippen molar-refractivity contribution < 1.29 is 4.74 Å². The van der Waals surface area contributed by atoms with Gasteiger partial charge in [0.15, 0.2) is 0 Å². The lowest BCUT2D eigenvalue weighted by atomic mass is 9.69. The highest BCUT2D eigenvalue weighted by Crippen LogP contribution is 2.40. The van der Waals surface area contributed by atoms with Crippen LogP contribution in [0.15, 0.2) is 0 Å². The van der Waals surface area contributed by atoms with Crippen LogP contribution in [0, 0.1) is 17.3 Å². The molecule has 1 rings (SSSR count). The van der Waals surface area contributed by atoms with E-state index in [4.69, 9.17) is 4.74 Å². The largest absolute Gasteiger partial charge is 0.385 e. The van der Waals surface area contributed by atoms with Gasteiger partial charge in [0.25, 0.3) is 0 Å². The van der Waals surface area contributed by atoms with Crippen LogP contribution in [0.25, 0.3) is 0 Å². The number of nitrogens with one attached hydrogen (secondary N) is 1. The molecule has 1 saturated carbocycles. The quantitative estimate of drug-likeness (QED) is 0.769. The summed E-state index contributed by atoms with van der Waals surface area (Å²) >= 11 is 0. The number of hydrogen-bond donors (Lipinski definition) is 1. The summed E-state index contributed by atoms with van der Waals surface area (Å²) in [6, 6.07) is 0.668. The molecule has 0 radical (unpaired) electrons. The van der Waals surface area contributed by atoms with E-state index in [9.17, 15) is 0 Å². The van der Waals surface area contributed by atoms with Crippen LogP contribution in [0.4, 0.5) is 0 Å². The fraction of sp³-hybridized carbons (Fsp3) is 1.00. The molecule has 1 fully saturated rings. The van der Waals surface area contributed by atoms with E-state index in [1.807, 2.05) is 0 Å². The minimum absolute atomic E-state index is 0.574. The first-order valence-corrected chi connectivity index (χ1v) is 7.16. The fourth-order valence-corrected chi connectivity index (χ4v) is 3.25. The molecule has 0 aromatic rings. The van der Waals surface area contributed by atoms with Crippen molar-refractivity contribution in [3.05, 3.63) is 0 Å². The maximum atomic E-state index is 5.20. The Morgan fingerprint density at radius 3 is 2.35 bits per heavy atom. The summed E-state index contributed by atoms with van der Waals surface area (Å²) in [5, 5.41) is 3.55. The van der Waals surface area contributed by atoms with Crippen molar-refractivity contribution in [1.29, 1.82) is 0 Å². The van der Waals surface area contributed by atoms with Gasteiger partial charge in [-0.25, -0.2) is 0 Å². The van der Waals surface area contributed by atoms with E-state index in [0.717, 1.165) is 12.5 Å². The zero-order valence-electron chi connectivity index (χ0n) is 12.4. The lowest BCUT2D eigenvalue weighted by molar-refractivity contribution is 0.122.